The molecule has 0 aromatic heterocycles. The van der Waals surface area contributed by atoms with Gasteiger partial charge in [-0.3, -0.25) is 14.5 Å². The molecule has 1 aromatic rings. The Morgan fingerprint density at radius 2 is 1.68 bits per heavy atom. The van der Waals surface area contributed by atoms with Gasteiger partial charge in [-0.1, -0.05) is 35.4 Å². The molecule has 1 aromatic carbocycles. The maximum atomic E-state index is 12.4. The second-order valence-electron chi connectivity index (χ2n) is 5.57. The Kier molecular flexibility index (Phi) is 3.18. The number of nitrogens with zero attached hydrogens (tertiary/aromatic N) is 1. The number of likely N-dealkylation sites (tertiary alicyclic amines) is 1. The number of carbonyl (C=O) groups excluding carboxylic acids is 2. The summed E-state index contributed by atoms with van der Waals surface area (Å²) in [6.45, 7) is 0.113. The zero-order valence-corrected chi connectivity index (χ0v) is 12.8. The number of carbonyl (C=O) groups is 2. The number of fused-ring (bicyclic) bond motifs is 5. The number of amides is 2. The Morgan fingerprint density at radius 3 is 2.27 bits per heavy atom. The molecule has 7 heteroatoms. The van der Waals surface area contributed by atoms with Crippen LogP contribution in [0, 0.1) is 11.8 Å². The van der Waals surface area contributed by atoms with Gasteiger partial charge in [-0.2, -0.15) is 0 Å². The van der Waals surface area contributed by atoms with Gasteiger partial charge in [-0.15, -0.1) is 0 Å². The fourth-order valence-corrected chi connectivity index (χ4v) is 3.60. The number of hydrogen-bond acceptors (Lipinski definition) is 4. The van der Waals surface area contributed by atoms with Gasteiger partial charge in [0.1, 0.15) is 0 Å². The predicted molar refractivity (Wildman–Crippen MR) is 81.6 cm³/mol. The van der Waals surface area contributed by atoms with E-state index in [9.17, 15) is 9.59 Å². The van der Waals surface area contributed by atoms with Crippen molar-refractivity contribution in [1.29, 1.82) is 0 Å². The number of imide groups is 1. The maximum Gasteiger partial charge on any atom is 0.237 e. The van der Waals surface area contributed by atoms with Gasteiger partial charge in [-0.25, -0.2) is 0 Å². The van der Waals surface area contributed by atoms with E-state index in [-0.39, 0.29) is 42.5 Å². The van der Waals surface area contributed by atoms with Crippen molar-refractivity contribution in [2.75, 3.05) is 12.0 Å². The van der Waals surface area contributed by atoms with Crippen molar-refractivity contribution in [1.82, 2.24) is 4.90 Å². The summed E-state index contributed by atoms with van der Waals surface area (Å²) in [4.78, 5) is 26.1. The van der Waals surface area contributed by atoms with Crippen LogP contribution in [-0.4, -0.2) is 35.6 Å². The topological polar surface area (TPSA) is 58.6 Å². The highest BCUT2D eigenvalue weighted by molar-refractivity contribution is 6.42. The lowest BCUT2D eigenvalue weighted by Gasteiger charge is -2.18. The molecule has 2 amide bonds. The van der Waals surface area contributed by atoms with Crippen LogP contribution < -0.4 is 5.32 Å². The first-order valence-electron chi connectivity index (χ1n) is 6.94. The van der Waals surface area contributed by atoms with Crippen LogP contribution in [0.2, 0.25) is 10.0 Å². The van der Waals surface area contributed by atoms with E-state index in [0.717, 1.165) is 0 Å². The van der Waals surface area contributed by atoms with E-state index in [1.165, 1.54) is 4.90 Å². The summed E-state index contributed by atoms with van der Waals surface area (Å²) in [5, 5.41) is 3.90. The van der Waals surface area contributed by atoms with Crippen LogP contribution in [0.15, 0.2) is 30.4 Å². The van der Waals surface area contributed by atoms with Crippen molar-refractivity contribution in [2.24, 2.45) is 11.8 Å². The first kappa shape index (κ1) is 14.1. The van der Waals surface area contributed by atoms with Crippen LogP contribution >= 0.6 is 23.2 Å². The van der Waals surface area contributed by atoms with Gasteiger partial charge >= 0.3 is 0 Å². The van der Waals surface area contributed by atoms with E-state index in [1.807, 2.05) is 12.2 Å². The zero-order chi connectivity index (χ0) is 15.4. The molecule has 0 radical (unpaired) electrons. The number of anilines is 1. The summed E-state index contributed by atoms with van der Waals surface area (Å²) < 4.78 is 5.59. The second kappa shape index (κ2) is 4.98. The molecule has 2 fully saturated rings. The molecule has 1 N–H and O–H groups in total. The van der Waals surface area contributed by atoms with Crippen molar-refractivity contribution in [2.45, 2.75) is 12.2 Å². The molecule has 3 aliphatic heterocycles. The van der Waals surface area contributed by atoms with Gasteiger partial charge in [0, 0.05) is 5.69 Å². The standard InChI is InChI=1S/C15H12Cl2N2O3/c16-8-2-1-7(5-9(8)17)18-6-19-14(20)12-10-3-4-11(22-10)13(12)15(19)21/h1-5,10-13,18H,6H2/t10-,11-,12-,13+/m1/s1. The molecule has 3 heterocycles. The number of benzene rings is 1. The molecule has 5 nitrogen and oxygen atoms in total. The Bertz CT molecular complexity index is 676. The predicted octanol–water partition coefficient (Wildman–Crippen LogP) is 2.30. The molecule has 4 atom stereocenters. The molecule has 0 unspecified atom stereocenters. The molecule has 4 rings (SSSR count). The van der Waals surface area contributed by atoms with Crippen molar-refractivity contribution in [3.63, 3.8) is 0 Å². The summed E-state index contributed by atoms with van der Waals surface area (Å²) in [6.07, 6.45) is 3.21. The lowest BCUT2D eigenvalue weighted by Crippen LogP contribution is -2.38. The smallest absolute Gasteiger partial charge is 0.237 e. The van der Waals surface area contributed by atoms with Gasteiger partial charge in [0.05, 0.1) is 40.8 Å². The fourth-order valence-electron chi connectivity index (χ4n) is 3.30. The van der Waals surface area contributed by atoms with E-state index in [2.05, 4.69) is 5.32 Å². The normalized spacial score (nSPS) is 32.0. The van der Waals surface area contributed by atoms with Crippen molar-refractivity contribution < 1.29 is 14.3 Å². The Hall–Kier alpha value is -1.56. The van der Waals surface area contributed by atoms with Crippen LogP contribution in [-0.2, 0) is 14.3 Å². The Balaban J connectivity index is 1.49. The fraction of sp³-hybridized carbons (Fsp3) is 0.333. The quantitative estimate of drug-likeness (QED) is 0.678. The van der Waals surface area contributed by atoms with Crippen LogP contribution in [0.1, 0.15) is 0 Å². The number of rotatable bonds is 3. The molecular formula is C15H12Cl2N2O3. The average molecular weight is 339 g/mol. The Labute approximate surface area is 136 Å². The Morgan fingerprint density at radius 1 is 1.05 bits per heavy atom. The summed E-state index contributed by atoms with van der Waals surface area (Å²) >= 11 is 11.8. The third-order valence-corrected chi connectivity index (χ3v) is 5.10. The van der Waals surface area contributed by atoms with E-state index < -0.39 is 0 Å². The van der Waals surface area contributed by atoms with Gasteiger partial charge in [0.15, 0.2) is 0 Å². The molecule has 2 saturated heterocycles. The molecule has 0 aliphatic carbocycles. The summed E-state index contributed by atoms with van der Waals surface area (Å²) in [6, 6.07) is 5.06. The zero-order valence-electron chi connectivity index (χ0n) is 11.3. The highest BCUT2D eigenvalue weighted by atomic mass is 35.5. The molecule has 114 valence electrons. The van der Waals surface area contributed by atoms with Crippen LogP contribution in [0.5, 0.6) is 0 Å². The number of halogens is 2. The minimum atomic E-state index is -0.377. The third kappa shape index (κ3) is 1.96. The molecule has 0 spiro atoms. The molecule has 0 saturated carbocycles. The van der Waals surface area contributed by atoms with Crippen LogP contribution in [0.4, 0.5) is 5.69 Å². The molecule has 22 heavy (non-hydrogen) atoms. The number of hydrogen-bond donors (Lipinski definition) is 1. The van der Waals surface area contributed by atoms with Crippen molar-refractivity contribution >= 4 is 40.7 Å². The van der Waals surface area contributed by atoms with Gasteiger partial charge in [0.25, 0.3) is 0 Å². The van der Waals surface area contributed by atoms with Gasteiger partial charge in [0.2, 0.25) is 11.8 Å². The van der Waals surface area contributed by atoms with Crippen LogP contribution in [0.25, 0.3) is 0 Å². The van der Waals surface area contributed by atoms with E-state index >= 15 is 0 Å². The van der Waals surface area contributed by atoms with Crippen molar-refractivity contribution in [3.8, 4) is 0 Å². The lowest BCUT2D eigenvalue weighted by molar-refractivity contribution is -0.141. The van der Waals surface area contributed by atoms with E-state index in [4.69, 9.17) is 27.9 Å². The van der Waals surface area contributed by atoms with E-state index in [0.29, 0.717) is 15.7 Å². The molecule has 2 bridgehead atoms. The monoisotopic (exact) mass is 338 g/mol. The number of nitrogens with one attached hydrogen (secondary N) is 1. The molecule has 3 aliphatic rings. The summed E-state index contributed by atoms with van der Waals surface area (Å²) in [5.74, 6) is -1.12. The highest BCUT2D eigenvalue weighted by Gasteiger charge is 2.60. The van der Waals surface area contributed by atoms with E-state index in [1.54, 1.807) is 18.2 Å². The second-order valence-corrected chi connectivity index (χ2v) is 6.38. The van der Waals surface area contributed by atoms with Gasteiger partial charge < -0.3 is 10.1 Å². The van der Waals surface area contributed by atoms with Crippen LogP contribution in [0.3, 0.4) is 0 Å². The lowest BCUT2D eigenvalue weighted by atomic mass is 9.85. The van der Waals surface area contributed by atoms with Crippen molar-refractivity contribution in [3.05, 3.63) is 40.4 Å². The highest BCUT2D eigenvalue weighted by Crippen LogP contribution is 2.44. The minimum Gasteiger partial charge on any atom is -0.367 e. The van der Waals surface area contributed by atoms with Gasteiger partial charge in [-0.05, 0) is 18.2 Å². The number of ether oxygens (including phenoxy) is 1. The maximum absolute atomic E-state index is 12.4. The SMILES string of the molecule is O=C1[C@@H]2[C@H](C(=O)N1CNc1ccc(Cl)c(Cl)c1)[C@H]1C=C[C@H]2O1. The first-order valence-corrected chi connectivity index (χ1v) is 7.70. The summed E-state index contributed by atoms with van der Waals surface area (Å²) in [5.41, 5.74) is 0.699. The molecular weight excluding hydrogens is 327 g/mol. The summed E-state index contributed by atoms with van der Waals surface area (Å²) in [7, 11) is 0. The third-order valence-electron chi connectivity index (χ3n) is 4.36. The largest absolute Gasteiger partial charge is 0.367 e. The minimum absolute atomic E-state index is 0.113. The average Bonchev–Trinajstić information content (AvgIpc) is 3.16. The first-order chi connectivity index (χ1) is 10.6.